The Labute approximate surface area is 87.8 Å². The zero-order valence-electron chi connectivity index (χ0n) is 8.19. The maximum absolute atomic E-state index is 11.4. The van der Waals surface area contributed by atoms with Crippen molar-refractivity contribution in [3.8, 4) is 0 Å². The molecular weight excluding hydrogens is 192 g/mol. The summed E-state index contributed by atoms with van der Waals surface area (Å²) in [4.78, 5) is 22.0. The molecule has 1 rings (SSSR count). The number of primary amides is 1. The average molecular weight is 204 g/mol. The summed E-state index contributed by atoms with van der Waals surface area (Å²) in [6, 6.07) is 8.93. The van der Waals surface area contributed by atoms with Crippen molar-refractivity contribution in [2.45, 2.75) is 6.42 Å². The van der Waals surface area contributed by atoms with Crippen molar-refractivity contribution in [3.05, 3.63) is 42.5 Å². The predicted molar refractivity (Wildman–Crippen MR) is 58.0 cm³/mol. The molecule has 2 amide bonds. The smallest absolute Gasteiger partial charge is 0.251 e. The summed E-state index contributed by atoms with van der Waals surface area (Å²) >= 11 is 0. The van der Waals surface area contributed by atoms with Crippen LogP contribution in [0, 0.1) is 0 Å². The van der Waals surface area contributed by atoms with Crippen LogP contribution in [0.4, 0.5) is 5.69 Å². The first-order valence-electron chi connectivity index (χ1n) is 4.42. The molecule has 0 saturated heterocycles. The minimum atomic E-state index is -0.566. The van der Waals surface area contributed by atoms with Crippen LogP contribution >= 0.6 is 0 Å². The Morgan fingerprint density at radius 1 is 1.27 bits per heavy atom. The fourth-order valence-corrected chi connectivity index (χ4v) is 1.03. The Hall–Kier alpha value is -2.10. The molecule has 15 heavy (non-hydrogen) atoms. The quantitative estimate of drug-likeness (QED) is 0.720. The van der Waals surface area contributed by atoms with Crippen LogP contribution in [-0.4, -0.2) is 11.8 Å². The van der Waals surface area contributed by atoms with E-state index in [2.05, 4.69) is 11.9 Å². The number of carbonyl (C=O) groups is 2. The fourth-order valence-electron chi connectivity index (χ4n) is 1.03. The Morgan fingerprint density at radius 3 is 2.40 bits per heavy atom. The van der Waals surface area contributed by atoms with Gasteiger partial charge in [-0.15, -0.1) is 0 Å². The van der Waals surface area contributed by atoms with E-state index in [4.69, 9.17) is 5.73 Å². The van der Waals surface area contributed by atoms with Gasteiger partial charge in [0.25, 0.3) is 5.91 Å². The second kappa shape index (κ2) is 4.95. The van der Waals surface area contributed by atoms with Gasteiger partial charge in [0.1, 0.15) is 0 Å². The maximum Gasteiger partial charge on any atom is 0.251 e. The molecular formula is C11H12N2O2. The standard InChI is InChI=1S/C11H12N2O2/c1-8(7-10(12)14)11(15)13-9-5-3-2-4-6-9/h2-6H,1,7H2,(H2,12,14)(H,13,15). The zero-order valence-corrected chi connectivity index (χ0v) is 8.19. The highest BCUT2D eigenvalue weighted by Gasteiger charge is 2.09. The highest BCUT2D eigenvalue weighted by atomic mass is 16.2. The molecule has 0 radical (unpaired) electrons. The van der Waals surface area contributed by atoms with E-state index in [0.717, 1.165) is 0 Å². The molecule has 0 unspecified atom stereocenters. The van der Waals surface area contributed by atoms with Gasteiger partial charge in [0.15, 0.2) is 0 Å². The Bertz CT molecular complexity index is 385. The molecule has 0 aliphatic rings. The highest BCUT2D eigenvalue weighted by molar-refractivity contribution is 6.05. The number of nitrogens with one attached hydrogen (secondary N) is 1. The molecule has 0 fully saturated rings. The molecule has 1 aromatic carbocycles. The number of hydrogen-bond acceptors (Lipinski definition) is 2. The van der Waals surface area contributed by atoms with Crippen molar-refractivity contribution < 1.29 is 9.59 Å². The fraction of sp³-hybridized carbons (Fsp3) is 0.0909. The molecule has 0 aliphatic heterocycles. The van der Waals surface area contributed by atoms with Crippen molar-refractivity contribution in [2.24, 2.45) is 5.73 Å². The number of anilines is 1. The van der Waals surface area contributed by atoms with Crippen molar-refractivity contribution in [1.82, 2.24) is 0 Å². The van der Waals surface area contributed by atoms with Gasteiger partial charge in [0.05, 0.1) is 6.42 Å². The minimum absolute atomic E-state index is 0.126. The van der Waals surface area contributed by atoms with E-state index in [1.807, 2.05) is 6.07 Å². The van der Waals surface area contributed by atoms with Gasteiger partial charge >= 0.3 is 0 Å². The first kappa shape index (κ1) is 11.0. The predicted octanol–water partition coefficient (Wildman–Crippen LogP) is 1.06. The first-order chi connectivity index (χ1) is 7.09. The monoisotopic (exact) mass is 204 g/mol. The maximum atomic E-state index is 11.4. The molecule has 0 aliphatic carbocycles. The van der Waals surface area contributed by atoms with Crippen molar-refractivity contribution >= 4 is 17.5 Å². The van der Waals surface area contributed by atoms with Crippen LogP contribution < -0.4 is 11.1 Å². The number of amides is 2. The lowest BCUT2D eigenvalue weighted by molar-refractivity contribution is -0.119. The first-order valence-corrected chi connectivity index (χ1v) is 4.42. The van der Waals surface area contributed by atoms with Gasteiger partial charge in [-0.1, -0.05) is 24.8 Å². The summed E-state index contributed by atoms with van der Waals surface area (Å²) < 4.78 is 0. The van der Waals surface area contributed by atoms with E-state index in [1.165, 1.54) is 0 Å². The lowest BCUT2D eigenvalue weighted by atomic mass is 10.2. The molecule has 0 atom stereocenters. The minimum Gasteiger partial charge on any atom is -0.369 e. The third kappa shape index (κ3) is 3.64. The number of nitrogens with two attached hydrogens (primary N) is 1. The van der Waals surface area contributed by atoms with Crippen LogP contribution in [0.25, 0.3) is 0 Å². The lowest BCUT2D eigenvalue weighted by Gasteiger charge is -2.05. The molecule has 78 valence electrons. The molecule has 0 saturated carbocycles. The molecule has 0 heterocycles. The Balaban J connectivity index is 2.56. The van der Waals surface area contributed by atoms with Gasteiger partial charge in [-0.25, -0.2) is 0 Å². The van der Waals surface area contributed by atoms with Crippen LogP contribution in [0.15, 0.2) is 42.5 Å². The second-order valence-corrected chi connectivity index (χ2v) is 3.07. The third-order valence-electron chi connectivity index (χ3n) is 1.74. The van der Waals surface area contributed by atoms with Gasteiger partial charge in [-0.3, -0.25) is 9.59 Å². The normalized spacial score (nSPS) is 9.33. The Kier molecular flexibility index (Phi) is 3.62. The molecule has 0 bridgehead atoms. The van der Waals surface area contributed by atoms with Gasteiger partial charge in [0.2, 0.25) is 5.91 Å². The average Bonchev–Trinajstić information content (AvgIpc) is 2.18. The third-order valence-corrected chi connectivity index (χ3v) is 1.74. The van der Waals surface area contributed by atoms with E-state index in [-0.39, 0.29) is 17.9 Å². The zero-order chi connectivity index (χ0) is 11.3. The SMILES string of the molecule is C=C(CC(N)=O)C(=O)Nc1ccccc1. The topological polar surface area (TPSA) is 72.2 Å². The molecule has 0 aromatic heterocycles. The lowest BCUT2D eigenvalue weighted by Crippen LogP contribution is -2.19. The van der Waals surface area contributed by atoms with E-state index < -0.39 is 5.91 Å². The molecule has 0 spiro atoms. The second-order valence-electron chi connectivity index (χ2n) is 3.07. The number of benzene rings is 1. The van der Waals surface area contributed by atoms with Gasteiger partial charge in [-0.2, -0.15) is 0 Å². The van der Waals surface area contributed by atoms with Crippen molar-refractivity contribution in [2.75, 3.05) is 5.32 Å². The van der Waals surface area contributed by atoms with Crippen LogP contribution in [0.5, 0.6) is 0 Å². The summed E-state index contributed by atoms with van der Waals surface area (Å²) in [5.74, 6) is -0.955. The largest absolute Gasteiger partial charge is 0.369 e. The van der Waals surface area contributed by atoms with Crippen molar-refractivity contribution in [3.63, 3.8) is 0 Å². The summed E-state index contributed by atoms with van der Waals surface area (Å²) in [7, 11) is 0. The molecule has 4 heteroatoms. The van der Waals surface area contributed by atoms with Crippen LogP contribution in [0.3, 0.4) is 0 Å². The van der Waals surface area contributed by atoms with Gasteiger partial charge in [0, 0.05) is 11.3 Å². The van der Waals surface area contributed by atoms with E-state index in [0.29, 0.717) is 5.69 Å². The summed E-state index contributed by atoms with van der Waals surface area (Å²) in [5, 5.41) is 2.60. The number of para-hydroxylation sites is 1. The summed E-state index contributed by atoms with van der Waals surface area (Å²) in [6.45, 7) is 3.48. The van der Waals surface area contributed by atoms with Crippen LogP contribution in [-0.2, 0) is 9.59 Å². The summed E-state index contributed by atoms with van der Waals surface area (Å²) in [5.41, 5.74) is 5.76. The van der Waals surface area contributed by atoms with Gasteiger partial charge in [-0.05, 0) is 12.1 Å². The number of carbonyl (C=O) groups excluding carboxylic acids is 2. The number of hydrogen-bond donors (Lipinski definition) is 2. The van der Waals surface area contributed by atoms with Crippen molar-refractivity contribution in [1.29, 1.82) is 0 Å². The van der Waals surface area contributed by atoms with E-state index in [1.54, 1.807) is 24.3 Å². The van der Waals surface area contributed by atoms with Crippen LogP contribution in [0.1, 0.15) is 6.42 Å². The Morgan fingerprint density at radius 2 is 1.87 bits per heavy atom. The molecule has 1 aromatic rings. The molecule has 3 N–H and O–H groups in total. The highest BCUT2D eigenvalue weighted by Crippen LogP contribution is 2.07. The van der Waals surface area contributed by atoms with Crippen LogP contribution in [0.2, 0.25) is 0 Å². The van der Waals surface area contributed by atoms with E-state index >= 15 is 0 Å². The number of rotatable bonds is 4. The van der Waals surface area contributed by atoms with E-state index in [9.17, 15) is 9.59 Å². The van der Waals surface area contributed by atoms with Gasteiger partial charge < -0.3 is 11.1 Å². The summed E-state index contributed by atoms with van der Waals surface area (Å²) in [6.07, 6.45) is -0.126. The molecule has 4 nitrogen and oxygen atoms in total.